The number of aromatic nitrogens is 2. The molecular weight excluding hydrogens is 190 g/mol. The van der Waals surface area contributed by atoms with E-state index in [1.807, 2.05) is 36.4 Å². The molecule has 0 fully saturated rings. The zero-order valence-corrected chi connectivity index (χ0v) is 7.68. The van der Waals surface area contributed by atoms with Crippen LogP contribution in [0.15, 0.2) is 30.3 Å². The summed E-state index contributed by atoms with van der Waals surface area (Å²) in [5.74, 6) is 0.123. The van der Waals surface area contributed by atoms with Gasteiger partial charge in [-0.05, 0) is 5.56 Å². The zero-order valence-electron chi connectivity index (χ0n) is 7.68. The molecule has 0 unspecified atom stereocenters. The highest BCUT2D eigenvalue weighted by atomic mass is 15.2. The van der Waals surface area contributed by atoms with Gasteiger partial charge in [-0.2, -0.15) is 10.4 Å². The first-order chi connectivity index (χ1) is 7.36. The molecule has 0 aliphatic rings. The molecule has 0 saturated carbocycles. The molecule has 0 radical (unpaired) electrons. The molecule has 5 nitrogen and oxygen atoms in total. The first-order valence-corrected chi connectivity index (χ1v) is 4.26. The van der Waals surface area contributed by atoms with Gasteiger partial charge in [0.25, 0.3) is 0 Å². The van der Waals surface area contributed by atoms with Crippen molar-refractivity contribution in [2.24, 2.45) is 0 Å². The van der Waals surface area contributed by atoms with Crippen LogP contribution < -0.4 is 0 Å². The maximum atomic E-state index is 8.84. The average Bonchev–Trinajstić information content (AvgIpc) is 2.72. The van der Waals surface area contributed by atoms with Gasteiger partial charge in [0.1, 0.15) is 11.6 Å². The summed E-state index contributed by atoms with van der Waals surface area (Å²) in [6.45, 7) is 0. The van der Waals surface area contributed by atoms with Crippen molar-refractivity contribution < 1.29 is 0 Å². The van der Waals surface area contributed by atoms with Crippen molar-refractivity contribution in [3.05, 3.63) is 41.0 Å². The number of aromatic amines is 1. The van der Waals surface area contributed by atoms with Gasteiger partial charge in [-0.3, -0.25) is 0 Å². The van der Waals surface area contributed by atoms with E-state index in [0.29, 0.717) is 5.56 Å². The second-order valence-corrected chi connectivity index (χ2v) is 2.88. The summed E-state index contributed by atoms with van der Waals surface area (Å²) in [5, 5.41) is 23.8. The Bertz CT molecular complexity index is 524. The summed E-state index contributed by atoms with van der Waals surface area (Å²) in [6, 6.07) is 11.1. The SMILES string of the molecule is N#Cc1[nH]nc([N+]#N)c1-c1ccccc1. The van der Waals surface area contributed by atoms with Crippen LogP contribution in [0, 0.1) is 16.7 Å². The molecule has 70 valence electrons. The number of hydrogen-bond acceptors (Lipinski definition) is 3. The molecule has 1 N–H and O–H groups in total. The highest BCUT2D eigenvalue weighted by molar-refractivity contribution is 5.79. The van der Waals surface area contributed by atoms with Crippen LogP contribution >= 0.6 is 0 Å². The maximum absolute atomic E-state index is 8.84. The molecule has 0 saturated heterocycles. The van der Waals surface area contributed by atoms with Gasteiger partial charge < -0.3 is 0 Å². The second kappa shape index (κ2) is 3.60. The maximum Gasteiger partial charge on any atom is 0.496 e. The second-order valence-electron chi connectivity index (χ2n) is 2.88. The van der Waals surface area contributed by atoms with Gasteiger partial charge in [0.15, 0.2) is 5.69 Å². The van der Waals surface area contributed by atoms with Gasteiger partial charge in [-0.15, -0.1) is 0 Å². The van der Waals surface area contributed by atoms with Crippen LogP contribution in [-0.4, -0.2) is 10.2 Å². The molecule has 1 aromatic heterocycles. The molecule has 0 bridgehead atoms. The molecule has 1 heterocycles. The van der Waals surface area contributed by atoms with Crippen molar-refractivity contribution in [2.45, 2.75) is 0 Å². The fraction of sp³-hybridized carbons (Fsp3) is 0. The Hall–Kier alpha value is -2.66. The lowest BCUT2D eigenvalue weighted by Crippen LogP contribution is -1.79. The first-order valence-electron chi connectivity index (χ1n) is 4.26. The van der Waals surface area contributed by atoms with E-state index in [2.05, 4.69) is 15.2 Å². The number of hydrogen-bond donors (Lipinski definition) is 1. The zero-order chi connectivity index (χ0) is 10.7. The minimum absolute atomic E-state index is 0.123. The van der Waals surface area contributed by atoms with Gasteiger partial charge in [0, 0.05) is 4.98 Å². The highest BCUT2D eigenvalue weighted by Gasteiger charge is 2.24. The van der Waals surface area contributed by atoms with Crippen molar-refractivity contribution in [2.75, 3.05) is 0 Å². The third-order valence-corrected chi connectivity index (χ3v) is 2.02. The molecule has 1 aromatic carbocycles. The number of H-pyrrole nitrogens is 1. The average molecular weight is 196 g/mol. The Kier molecular flexibility index (Phi) is 2.14. The summed E-state index contributed by atoms with van der Waals surface area (Å²) < 4.78 is 0. The van der Waals surface area contributed by atoms with E-state index in [0.717, 1.165) is 5.56 Å². The number of nitriles is 1. The largest absolute Gasteiger partial charge is 0.496 e. The molecule has 0 aliphatic heterocycles. The van der Waals surface area contributed by atoms with Crippen molar-refractivity contribution in [1.82, 2.24) is 10.2 Å². The van der Waals surface area contributed by atoms with E-state index in [9.17, 15) is 0 Å². The quantitative estimate of drug-likeness (QED) is 0.711. The summed E-state index contributed by atoms with van der Waals surface area (Å²) in [7, 11) is 0. The Morgan fingerprint density at radius 2 is 2.00 bits per heavy atom. The van der Waals surface area contributed by atoms with Gasteiger partial charge >= 0.3 is 5.82 Å². The van der Waals surface area contributed by atoms with Crippen molar-refractivity contribution >= 4 is 5.82 Å². The minimum Gasteiger partial charge on any atom is -0.191 e. The molecule has 2 rings (SSSR count). The molecule has 2 aromatic rings. The molecule has 0 amide bonds. The molecule has 15 heavy (non-hydrogen) atoms. The Morgan fingerprint density at radius 3 is 2.60 bits per heavy atom. The van der Waals surface area contributed by atoms with E-state index >= 15 is 0 Å². The van der Waals surface area contributed by atoms with E-state index in [1.54, 1.807) is 0 Å². The lowest BCUT2D eigenvalue weighted by Gasteiger charge is -1.92. The van der Waals surface area contributed by atoms with Gasteiger partial charge in [0.05, 0.1) is 10.5 Å². The number of nitrogens with one attached hydrogen (secondary N) is 1. The smallest absolute Gasteiger partial charge is 0.191 e. The van der Waals surface area contributed by atoms with Crippen LogP contribution in [0.3, 0.4) is 0 Å². The highest BCUT2D eigenvalue weighted by Crippen LogP contribution is 2.30. The number of nitrogens with zero attached hydrogens (tertiary/aromatic N) is 4. The molecule has 5 heteroatoms. The van der Waals surface area contributed by atoms with Crippen LogP contribution in [0.5, 0.6) is 0 Å². The number of diazo groups is 1. The third kappa shape index (κ3) is 1.43. The van der Waals surface area contributed by atoms with Crippen LogP contribution in [-0.2, 0) is 0 Å². The van der Waals surface area contributed by atoms with Crippen LogP contribution in [0.2, 0.25) is 0 Å². The van der Waals surface area contributed by atoms with Crippen LogP contribution in [0.25, 0.3) is 16.1 Å². The lowest BCUT2D eigenvalue weighted by atomic mass is 10.1. The van der Waals surface area contributed by atoms with Gasteiger partial charge in [-0.25, -0.2) is 0 Å². The fourth-order valence-corrected chi connectivity index (χ4v) is 1.36. The third-order valence-electron chi connectivity index (χ3n) is 2.02. The summed E-state index contributed by atoms with van der Waals surface area (Å²) in [4.78, 5) is 3.02. The Labute approximate surface area is 85.6 Å². The standard InChI is InChI=1S/C10H6N5/c11-6-8-9(10(13-12)15-14-8)7-4-2-1-3-5-7/h1-5H,(H,14,15)/q+1. The van der Waals surface area contributed by atoms with Crippen molar-refractivity contribution in [3.8, 4) is 17.2 Å². The van der Waals surface area contributed by atoms with E-state index < -0.39 is 0 Å². The Morgan fingerprint density at radius 1 is 1.27 bits per heavy atom. The van der Waals surface area contributed by atoms with Gasteiger partial charge in [-0.1, -0.05) is 30.3 Å². The molecule has 0 aliphatic carbocycles. The molecule has 0 atom stereocenters. The van der Waals surface area contributed by atoms with Gasteiger partial charge in [0.2, 0.25) is 0 Å². The van der Waals surface area contributed by atoms with E-state index in [-0.39, 0.29) is 11.5 Å². The van der Waals surface area contributed by atoms with E-state index in [1.165, 1.54) is 0 Å². The minimum atomic E-state index is 0.123. The monoisotopic (exact) mass is 196 g/mol. The molecular formula is C10H6N5+. The van der Waals surface area contributed by atoms with Crippen LogP contribution in [0.1, 0.15) is 5.69 Å². The Balaban J connectivity index is 2.68. The topological polar surface area (TPSA) is 80.6 Å². The summed E-state index contributed by atoms with van der Waals surface area (Å²) >= 11 is 0. The lowest BCUT2D eigenvalue weighted by molar-refractivity contribution is 1.08. The van der Waals surface area contributed by atoms with Crippen LogP contribution in [0.4, 0.5) is 5.82 Å². The predicted octanol–water partition coefficient (Wildman–Crippen LogP) is 2.43. The van der Waals surface area contributed by atoms with E-state index in [4.69, 9.17) is 10.7 Å². The summed E-state index contributed by atoms with van der Waals surface area (Å²) in [6.07, 6.45) is 0. The first kappa shape index (κ1) is 8.92. The normalized spacial score (nSPS) is 9.20. The van der Waals surface area contributed by atoms with Crippen molar-refractivity contribution in [3.63, 3.8) is 0 Å². The number of rotatable bonds is 1. The number of benzene rings is 1. The molecule has 0 spiro atoms. The predicted molar refractivity (Wildman–Crippen MR) is 53.5 cm³/mol. The fourth-order valence-electron chi connectivity index (χ4n) is 1.36. The summed E-state index contributed by atoms with van der Waals surface area (Å²) in [5.41, 5.74) is 1.59. The van der Waals surface area contributed by atoms with Crippen molar-refractivity contribution in [1.29, 1.82) is 10.7 Å².